The van der Waals surface area contributed by atoms with Crippen LogP contribution in [0, 0.1) is 6.92 Å². The van der Waals surface area contributed by atoms with E-state index >= 15 is 0 Å². The van der Waals surface area contributed by atoms with Gasteiger partial charge in [-0.25, -0.2) is 9.79 Å². The second-order valence-electron chi connectivity index (χ2n) is 7.51. The van der Waals surface area contributed by atoms with Gasteiger partial charge in [0.2, 0.25) is 0 Å². The standard InChI is InChI=1S/C26H24N2O3S/c1-4-31-25(30)22-18(3)27-26-28(23(22)20-15-13-17(2)14-16-20)24(29)21(32-26)12-8-11-19-9-6-5-7-10-19/h5-16,23H,4H2,1-3H3. The van der Waals surface area contributed by atoms with Gasteiger partial charge in [-0.2, -0.15) is 0 Å². The Morgan fingerprint density at radius 2 is 1.84 bits per heavy atom. The van der Waals surface area contributed by atoms with Crippen molar-refractivity contribution in [2.75, 3.05) is 6.61 Å². The van der Waals surface area contributed by atoms with Gasteiger partial charge in [-0.05, 0) is 38.0 Å². The molecule has 2 aromatic carbocycles. The molecule has 0 N–H and O–H groups in total. The van der Waals surface area contributed by atoms with Crippen LogP contribution in [0.5, 0.6) is 0 Å². The lowest BCUT2D eigenvalue weighted by Gasteiger charge is -2.24. The predicted molar refractivity (Wildman–Crippen MR) is 128 cm³/mol. The Kier molecular flexibility index (Phi) is 6.32. The number of carbonyl (C=O) groups is 1. The summed E-state index contributed by atoms with van der Waals surface area (Å²) >= 11 is 1.32. The summed E-state index contributed by atoms with van der Waals surface area (Å²) < 4.78 is 7.48. The van der Waals surface area contributed by atoms with Crippen molar-refractivity contribution in [1.29, 1.82) is 0 Å². The highest BCUT2D eigenvalue weighted by Crippen LogP contribution is 2.30. The lowest BCUT2D eigenvalue weighted by Crippen LogP contribution is -2.39. The van der Waals surface area contributed by atoms with E-state index in [9.17, 15) is 9.59 Å². The average Bonchev–Trinajstić information content (AvgIpc) is 3.09. The molecule has 5 nitrogen and oxygen atoms in total. The zero-order chi connectivity index (χ0) is 22.7. The largest absolute Gasteiger partial charge is 0.463 e. The summed E-state index contributed by atoms with van der Waals surface area (Å²) in [4.78, 5) is 31.4. The highest BCUT2D eigenvalue weighted by Gasteiger charge is 2.33. The minimum atomic E-state index is -0.578. The van der Waals surface area contributed by atoms with Crippen molar-refractivity contribution in [3.05, 3.63) is 108 Å². The molecule has 4 rings (SSSR count). The molecule has 0 saturated carbocycles. The molecule has 0 amide bonds. The van der Waals surface area contributed by atoms with Gasteiger partial charge in [0.25, 0.3) is 5.56 Å². The first-order valence-electron chi connectivity index (χ1n) is 10.5. The van der Waals surface area contributed by atoms with Gasteiger partial charge >= 0.3 is 5.97 Å². The number of aryl methyl sites for hydroxylation is 1. The van der Waals surface area contributed by atoms with Crippen molar-refractivity contribution in [2.24, 2.45) is 4.99 Å². The highest BCUT2D eigenvalue weighted by atomic mass is 32.1. The van der Waals surface area contributed by atoms with E-state index in [-0.39, 0.29) is 12.2 Å². The monoisotopic (exact) mass is 444 g/mol. The molecule has 1 aliphatic rings. The molecule has 0 spiro atoms. The molecule has 1 unspecified atom stereocenters. The summed E-state index contributed by atoms with van der Waals surface area (Å²) in [6.45, 7) is 5.81. The summed E-state index contributed by atoms with van der Waals surface area (Å²) in [5, 5.41) is 0. The summed E-state index contributed by atoms with van der Waals surface area (Å²) in [6.07, 6.45) is 5.61. The van der Waals surface area contributed by atoms with Crippen LogP contribution in [0.15, 0.2) is 81.7 Å². The van der Waals surface area contributed by atoms with E-state index in [2.05, 4.69) is 4.99 Å². The second-order valence-corrected chi connectivity index (χ2v) is 8.51. The van der Waals surface area contributed by atoms with Crippen LogP contribution in [0.4, 0.5) is 0 Å². The van der Waals surface area contributed by atoms with Crippen molar-refractivity contribution < 1.29 is 9.53 Å². The van der Waals surface area contributed by atoms with Crippen LogP contribution in [0.1, 0.15) is 36.6 Å². The number of rotatable bonds is 5. The third-order valence-electron chi connectivity index (χ3n) is 5.25. The number of hydrogen-bond donors (Lipinski definition) is 0. The van der Waals surface area contributed by atoms with Gasteiger partial charge in [0.05, 0.1) is 28.5 Å². The Bertz CT molecular complexity index is 1380. The number of ether oxygens (including phenoxy) is 1. The first-order valence-corrected chi connectivity index (χ1v) is 11.3. The normalized spacial score (nSPS) is 16.2. The summed E-state index contributed by atoms with van der Waals surface area (Å²) in [5.74, 6) is -0.447. The smallest absolute Gasteiger partial charge is 0.338 e. The minimum Gasteiger partial charge on any atom is -0.463 e. The van der Waals surface area contributed by atoms with Crippen molar-refractivity contribution in [2.45, 2.75) is 26.8 Å². The first-order chi connectivity index (χ1) is 15.5. The minimum absolute atomic E-state index is 0.175. The van der Waals surface area contributed by atoms with E-state index in [1.54, 1.807) is 24.5 Å². The number of fused-ring (bicyclic) bond motifs is 1. The van der Waals surface area contributed by atoms with Crippen LogP contribution < -0.4 is 14.9 Å². The Labute approximate surface area is 190 Å². The van der Waals surface area contributed by atoms with Crippen LogP contribution in [-0.2, 0) is 9.53 Å². The zero-order valence-corrected chi connectivity index (χ0v) is 19.1. The van der Waals surface area contributed by atoms with Gasteiger partial charge in [-0.1, -0.05) is 83.6 Å². The third kappa shape index (κ3) is 4.27. The molecule has 2 heterocycles. The van der Waals surface area contributed by atoms with Crippen LogP contribution >= 0.6 is 11.3 Å². The fourth-order valence-corrected chi connectivity index (χ4v) is 4.68. The Morgan fingerprint density at radius 1 is 1.12 bits per heavy atom. The molecule has 0 radical (unpaired) electrons. The molecular formula is C26H24N2O3S. The number of allylic oxidation sites excluding steroid dienone is 2. The number of aromatic nitrogens is 1. The number of thiazole rings is 1. The number of nitrogens with zero attached hydrogens (tertiary/aromatic N) is 2. The molecule has 0 fully saturated rings. The number of hydrogen-bond acceptors (Lipinski definition) is 5. The molecule has 32 heavy (non-hydrogen) atoms. The van der Waals surface area contributed by atoms with E-state index < -0.39 is 12.0 Å². The molecule has 1 atom stereocenters. The van der Waals surface area contributed by atoms with Gasteiger partial charge in [-0.15, -0.1) is 0 Å². The van der Waals surface area contributed by atoms with Crippen LogP contribution in [-0.4, -0.2) is 17.1 Å². The molecule has 0 aliphatic carbocycles. The summed E-state index contributed by atoms with van der Waals surface area (Å²) in [7, 11) is 0. The number of benzene rings is 2. The van der Waals surface area contributed by atoms with Crippen LogP contribution in [0.25, 0.3) is 12.2 Å². The number of carbonyl (C=O) groups excluding carboxylic acids is 1. The molecule has 1 aliphatic heterocycles. The molecule has 6 heteroatoms. The fraction of sp³-hybridized carbons (Fsp3) is 0.192. The lowest BCUT2D eigenvalue weighted by molar-refractivity contribution is -0.139. The first kappa shape index (κ1) is 21.7. The van der Waals surface area contributed by atoms with Crippen LogP contribution in [0.3, 0.4) is 0 Å². The van der Waals surface area contributed by atoms with Gasteiger partial charge in [0.15, 0.2) is 4.80 Å². The highest BCUT2D eigenvalue weighted by molar-refractivity contribution is 7.07. The van der Waals surface area contributed by atoms with Gasteiger partial charge in [0, 0.05) is 0 Å². The Balaban J connectivity index is 1.86. The maximum atomic E-state index is 13.4. The third-order valence-corrected chi connectivity index (χ3v) is 6.25. The maximum Gasteiger partial charge on any atom is 0.338 e. The van der Waals surface area contributed by atoms with E-state index in [0.717, 1.165) is 16.7 Å². The average molecular weight is 445 g/mol. The molecule has 1 aromatic heterocycles. The zero-order valence-electron chi connectivity index (χ0n) is 18.2. The quantitative estimate of drug-likeness (QED) is 0.563. The predicted octanol–water partition coefficient (Wildman–Crippen LogP) is 3.77. The van der Waals surface area contributed by atoms with Crippen molar-refractivity contribution >= 4 is 29.5 Å². The molecule has 162 valence electrons. The molecule has 0 saturated heterocycles. The SMILES string of the molecule is CCOC(=O)C1=C(C)N=c2sc(=CC=Cc3ccccc3)c(=O)n2C1c1ccc(C)cc1. The van der Waals surface area contributed by atoms with E-state index in [1.807, 2.05) is 73.7 Å². The Morgan fingerprint density at radius 3 is 2.53 bits per heavy atom. The maximum absolute atomic E-state index is 13.4. The molecular weight excluding hydrogens is 420 g/mol. The van der Waals surface area contributed by atoms with Gasteiger partial charge in [0.1, 0.15) is 0 Å². The van der Waals surface area contributed by atoms with Gasteiger partial charge in [-0.3, -0.25) is 9.36 Å². The van der Waals surface area contributed by atoms with Gasteiger partial charge < -0.3 is 4.74 Å². The fourth-order valence-electron chi connectivity index (χ4n) is 3.68. The summed E-state index contributed by atoms with van der Waals surface area (Å²) in [5.41, 5.74) is 3.79. The van der Waals surface area contributed by atoms with E-state index in [1.165, 1.54) is 11.3 Å². The second kappa shape index (κ2) is 9.32. The molecule has 0 bridgehead atoms. The number of esters is 1. The van der Waals surface area contributed by atoms with Crippen molar-refractivity contribution in [3.8, 4) is 0 Å². The molecule has 3 aromatic rings. The van der Waals surface area contributed by atoms with Crippen molar-refractivity contribution in [1.82, 2.24) is 4.57 Å². The topological polar surface area (TPSA) is 60.7 Å². The lowest BCUT2D eigenvalue weighted by atomic mass is 9.95. The Hall–Kier alpha value is -3.51. The summed E-state index contributed by atoms with van der Waals surface area (Å²) in [6, 6.07) is 17.2. The van der Waals surface area contributed by atoms with Crippen LogP contribution in [0.2, 0.25) is 0 Å². The van der Waals surface area contributed by atoms with E-state index in [4.69, 9.17) is 4.74 Å². The van der Waals surface area contributed by atoms with Crippen molar-refractivity contribution in [3.63, 3.8) is 0 Å². The van der Waals surface area contributed by atoms with E-state index in [0.29, 0.717) is 20.6 Å².